The SMILES string of the molecule is C=O.CCc1cn(C)c2ccccc12. The van der Waals surface area contributed by atoms with Crippen molar-refractivity contribution in [1.29, 1.82) is 0 Å². The molecule has 0 unspecified atom stereocenters. The molecule has 2 nitrogen and oxygen atoms in total. The predicted molar refractivity (Wildman–Crippen MR) is 59.4 cm³/mol. The van der Waals surface area contributed by atoms with Crippen LogP contribution < -0.4 is 0 Å². The van der Waals surface area contributed by atoms with E-state index in [2.05, 4.69) is 49.0 Å². The summed E-state index contributed by atoms with van der Waals surface area (Å²) in [4.78, 5) is 8.00. The average Bonchev–Trinajstić information content (AvgIpc) is 2.59. The first kappa shape index (κ1) is 10.5. The lowest BCUT2D eigenvalue weighted by Crippen LogP contribution is -1.81. The maximum absolute atomic E-state index is 8.00. The van der Waals surface area contributed by atoms with Gasteiger partial charge in [0.25, 0.3) is 0 Å². The number of carbonyl (C=O) groups is 1. The van der Waals surface area contributed by atoms with Crippen molar-refractivity contribution in [2.24, 2.45) is 7.05 Å². The van der Waals surface area contributed by atoms with Crippen LogP contribution in [0.3, 0.4) is 0 Å². The summed E-state index contributed by atoms with van der Waals surface area (Å²) in [6, 6.07) is 8.53. The topological polar surface area (TPSA) is 22.0 Å². The van der Waals surface area contributed by atoms with Gasteiger partial charge >= 0.3 is 0 Å². The average molecular weight is 189 g/mol. The molecule has 0 saturated carbocycles. The van der Waals surface area contributed by atoms with Gasteiger partial charge in [0.05, 0.1) is 0 Å². The Morgan fingerprint density at radius 1 is 1.29 bits per heavy atom. The largest absolute Gasteiger partial charge is 0.350 e. The number of aryl methyl sites for hydroxylation is 2. The standard InChI is InChI=1S/C11H13N.CH2O/c1-3-9-8-12(2)11-7-5-4-6-10(9)11;1-2/h4-8H,3H2,1-2H3;1H2. The fourth-order valence-corrected chi connectivity index (χ4v) is 1.71. The fraction of sp³-hybridized carbons (Fsp3) is 0.250. The fourth-order valence-electron chi connectivity index (χ4n) is 1.71. The second kappa shape index (κ2) is 4.61. The maximum Gasteiger partial charge on any atom is 0.106 e. The first-order valence-electron chi connectivity index (χ1n) is 4.64. The third-order valence-corrected chi connectivity index (χ3v) is 2.36. The van der Waals surface area contributed by atoms with Crippen molar-refractivity contribution in [3.63, 3.8) is 0 Å². The lowest BCUT2D eigenvalue weighted by molar-refractivity contribution is -0.0979. The lowest BCUT2D eigenvalue weighted by Gasteiger charge is -1.93. The molecule has 0 amide bonds. The summed E-state index contributed by atoms with van der Waals surface area (Å²) in [6.45, 7) is 4.20. The number of nitrogens with zero attached hydrogens (tertiary/aromatic N) is 1. The molecule has 0 N–H and O–H groups in total. The molecular formula is C12H15NO. The molecule has 0 spiro atoms. The van der Waals surface area contributed by atoms with E-state index >= 15 is 0 Å². The molecule has 0 fully saturated rings. The van der Waals surface area contributed by atoms with E-state index in [0.717, 1.165) is 6.42 Å². The number of hydrogen-bond acceptors (Lipinski definition) is 1. The predicted octanol–water partition coefficient (Wildman–Crippen LogP) is 2.56. The molecule has 0 atom stereocenters. The molecule has 0 radical (unpaired) electrons. The Hall–Kier alpha value is -1.57. The Balaban J connectivity index is 0.000000461. The van der Waals surface area contributed by atoms with E-state index in [0.29, 0.717) is 0 Å². The third-order valence-electron chi connectivity index (χ3n) is 2.36. The van der Waals surface area contributed by atoms with Gasteiger partial charge in [-0.25, -0.2) is 0 Å². The third kappa shape index (κ3) is 1.69. The number of benzene rings is 1. The molecule has 14 heavy (non-hydrogen) atoms. The lowest BCUT2D eigenvalue weighted by atomic mass is 10.1. The molecule has 2 rings (SSSR count). The summed E-state index contributed by atoms with van der Waals surface area (Å²) in [5.41, 5.74) is 2.77. The van der Waals surface area contributed by atoms with Crippen LogP contribution in [-0.4, -0.2) is 11.4 Å². The van der Waals surface area contributed by atoms with Crippen molar-refractivity contribution in [3.8, 4) is 0 Å². The van der Waals surface area contributed by atoms with Crippen molar-refractivity contribution < 1.29 is 4.79 Å². The van der Waals surface area contributed by atoms with Crippen molar-refractivity contribution in [2.75, 3.05) is 0 Å². The van der Waals surface area contributed by atoms with Crippen molar-refractivity contribution in [1.82, 2.24) is 4.57 Å². The van der Waals surface area contributed by atoms with E-state index in [1.54, 1.807) is 0 Å². The highest BCUT2D eigenvalue weighted by Crippen LogP contribution is 2.19. The van der Waals surface area contributed by atoms with Gasteiger partial charge < -0.3 is 9.36 Å². The summed E-state index contributed by atoms with van der Waals surface area (Å²) < 4.78 is 2.19. The number of hydrogen-bond donors (Lipinski definition) is 0. The van der Waals surface area contributed by atoms with Crippen LogP contribution in [-0.2, 0) is 18.3 Å². The smallest absolute Gasteiger partial charge is 0.106 e. The maximum atomic E-state index is 8.00. The second-order valence-electron chi connectivity index (χ2n) is 3.14. The van der Waals surface area contributed by atoms with Gasteiger partial charge in [0, 0.05) is 24.1 Å². The minimum absolute atomic E-state index is 1.11. The van der Waals surface area contributed by atoms with Crippen LogP contribution in [0.2, 0.25) is 0 Å². The van der Waals surface area contributed by atoms with E-state index < -0.39 is 0 Å². The van der Waals surface area contributed by atoms with Crippen molar-refractivity contribution in [2.45, 2.75) is 13.3 Å². The van der Waals surface area contributed by atoms with Gasteiger partial charge in [-0.3, -0.25) is 0 Å². The monoisotopic (exact) mass is 189 g/mol. The number of aromatic nitrogens is 1. The van der Waals surface area contributed by atoms with Crippen LogP contribution in [0.5, 0.6) is 0 Å². The van der Waals surface area contributed by atoms with Gasteiger partial charge in [0.2, 0.25) is 0 Å². The Morgan fingerprint density at radius 3 is 2.57 bits per heavy atom. The summed E-state index contributed by atoms with van der Waals surface area (Å²) in [6.07, 6.45) is 3.33. The molecule has 0 bridgehead atoms. The molecule has 0 aliphatic carbocycles. The van der Waals surface area contributed by atoms with E-state index in [1.807, 2.05) is 6.79 Å². The summed E-state index contributed by atoms with van der Waals surface area (Å²) in [5.74, 6) is 0. The van der Waals surface area contributed by atoms with Gasteiger partial charge in [-0.15, -0.1) is 0 Å². The van der Waals surface area contributed by atoms with Gasteiger partial charge in [-0.2, -0.15) is 0 Å². The van der Waals surface area contributed by atoms with E-state index in [9.17, 15) is 0 Å². The number of fused-ring (bicyclic) bond motifs is 1. The van der Waals surface area contributed by atoms with Crippen LogP contribution >= 0.6 is 0 Å². The molecule has 1 aromatic carbocycles. The van der Waals surface area contributed by atoms with E-state index in [-0.39, 0.29) is 0 Å². The highest BCUT2D eigenvalue weighted by molar-refractivity contribution is 5.83. The van der Waals surface area contributed by atoms with Gasteiger partial charge in [-0.1, -0.05) is 25.1 Å². The molecular weight excluding hydrogens is 174 g/mol. The molecule has 74 valence electrons. The molecule has 0 saturated heterocycles. The summed E-state index contributed by atoms with van der Waals surface area (Å²) in [7, 11) is 2.10. The Kier molecular flexibility index (Phi) is 3.46. The number of rotatable bonds is 1. The van der Waals surface area contributed by atoms with Crippen LogP contribution in [0.15, 0.2) is 30.5 Å². The first-order valence-corrected chi connectivity index (χ1v) is 4.64. The zero-order chi connectivity index (χ0) is 10.6. The minimum atomic E-state index is 1.11. The van der Waals surface area contributed by atoms with Gasteiger partial charge in [0.1, 0.15) is 6.79 Å². The highest BCUT2D eigenvalue weighted by atomic mass is 16.1. The van der Waals surface area contributed by atoms with Crippen molar-refractivity contribution >= 4 is 17.7 Å². The molecule has 2 heteroatoms. The Labute approximate surface area is 84.2 Å². The molecule has 0 aliphatic rings. The number of carbonyl (C=O) groups excluding carboxylic acids is 1. The second-order valence-corrected chi connectivity index (χ2v) is 3.14. The molecule has 1 aromatic heterocycles. The quantitative estimate of drug-likeness (QED) is 0.675. The van der Waals surface area contributed by atoms with Crippen LogP contribution in [0.1, 0.15) is 12.5 Å². The Morgan fingerprint density at radius 2 is 1.93 bits per heavy atom. The zero-order valence-electron chi connectivity index (χ0n) is 8.66. The molecule has 1 heterocycles. The van der Waals surface area contributed by atoms with Crippen LogP contribution in [0.25, 0.3) is 10.9 Å². The van der Waals surface area contributed by atoms with Gasteiger partial charge in [-0.05, 0) is 18.1 Å². The van der Waals surface area contributed by atoms with E-state index in [4.69, 9.17) is 4.79 Å². The van der Waals surface area contributed by atoms with Crippen LogP contribution in [0, 0.1) is 0 Å². The first-order chi connectivity index (χ1) is 6.83. The summed E-state index contributed by atoms with van der Waals surface area (Å²) >= 11 is 0. The zero-order valence-corrected chi connectivity index (χ0v) is 8.66. The van der Waals surface area contributed by atoms with Crippen molar-refractivity contribution in [3.05, 3.63) is 36.0 Å². The minimum Gasteiger partial charge on any atom is -0.350 e. The normalized spacial score (nSPS) is 9.57. The molecule has 0 aliphatic heterocycles. The van der Waals surface area contributed by atoms with Crippen LogP contribution in [0.4, 0.5) is 0 Å². The molecule has 2 aromatic rings. The Bertz CT molecular complexity index is 417. The summed E-state index contributed by atoms with van der Waals surface area (Å²) in [5, 5.41) is 1.39. The highest BCUT2D eigenvalue weighted by Gasteiger charge is 2.01. The number of para-hydroxylation sites is 1. The van der Waals surface area contributed by atoms with E-state index in [1.165, 1.54) is 16.5 Å². The van der Waals surface area contributed by atoms with Gasteiger partial charge in [0.15, 0.2) is 0 Å².